The van der Waals surface area contributed by atoms with Crippen molar-refractivity contribution in [1.82, 2.24) is 0 Å². The van der Waals surface area contributed by atoms with E-state index in [4.69, 9.17) is 0 Å². The third-order valence-corrected chi connectivity index (χ3v) is 7.54. The maximum Gasteiger partial charge on any atom is 0.0340 e. The molecule has 0 aliphatic carbocycles. The van der Waals surface area contributed by atoms with E-state index in [-0.39, 0.29) is 0 Å². The third kappa shape index (κ3) is 3.57. The van der Waals surface area contributed by atoms with Crippen LogP contribution in [-0.4, -0.2) is 5.29 Å². The summed E-state index contributed by atoms with van der Waals surface area (Å²) < 4.78 is 0. The number of hydrogen-bond acceptors (Lipinski definition) is 0. The Morgan fingerprint density at radius 3 is 1.45 bits per heavy atom. The Labute approximate surface area is 174 Å². The van der Waals surface area contributed by atoms with Crippen molar-refractivity contribution in [3.63, 3.8) is 0 Å². The molecule has 0 nitrogen and oxygen atoms in total. The number of rotatable bonds is 4. The van der Waals surface area contributed by atoms with E-state index >= 15 is 0 Å². The highest BCUT2D eigenvalue weighted by atomic mass is 31.1. The minimum Gasteiger partial charge on any atom is -0.0908 e. The third-order valence-electron chi connectivity index (χ3n) is 5.83. The fourth-order valence-electron chi connectivity index (χ4n) is 4.53. The molecular formula is C28H23P. The zero-order valence-electron chi connectivity index (χ0n) is 16.2. The van der Waals surface area contributed by atoms with Crippen LogP contribution in [-0.2, 0) is 0 Å². The molecule has 0 bridgehead atoms. The lowest BCUT2D eigenvalue weighted by Crippen LogP contribution is -2.18. The smallest absolute Gasteiger partial charge is 0.0340 e. The maximum absolute atomic E-state index is 2.31. The van der Waals surface area contributed by atoms with Gasteiger partial charge in [0.15, 0.2) is 0 Å². The second-order valence-corrected chi connectivity index (χ2v) is 8.86. The molecule has 1 heteroatoms. The summed E-state index contributed by atoms with van der Waals surface area (Å²) in [4.78, 5) is 0. The molecule has 3 atom stereocenters. The van der Waals surface area contributed by atoms with Gasteiger partial charge in [-0.3, -0.25) is 0 Å². The van der Waals surface area contributed by atoms with E-state index in [9.17, 15) is 0 Å². The minimum atomic E-state index is 0.368. The van der Waals surface area contributed by atoms with Gasteiger partial charge in [-0.1, -0.05) is 130 Å². The highest BCUT2D eigenvalue weighted by molar-refractivity contribution is 7.42. The molecule has 0 fully saturated rings. The van der Waals surface area contributed by atoms with Crippen molar-refractivity contribution < 1.29 is 0 Å². The monoisotopic (exact) mass is 390 g/mol. The molecule has 1 heterocycles. The lowest BCUT2D eigenvalue weighted by Gasteiger charge is -2.28. The van der Waals surface area contributed by atoms with Gasteiger partial charge in [-0.2, -0.15) is 0 Å². The molecule has 3 unspecified atom stereocenters. The molecule has 4 aromatic carbocycles. The van der Waals surface area contributed by atoms with Crippen LogP contribution in [0, 0.1) is 0 Å². The summed E-state index contributed by atoms with van der Waals surface area (Å²) in [6.45, 7) is 0. The van der Waals surface area contributed by atoms with Crippen LogP contribution in [0.5, 0.6) is 0 Å². The molecule has 1 aliphatic heterocycles. The zero-order chi connectivity index (χ0) is 19.5. The van der Waals surface area contributed by atoms with E-state index in [1.54, 1.807) is 0 Å². The highest BCUT2D eigenvalue weighted by Gasteiger charge is 2.40. The lowest BCUT2D eigenvalue weighted by molar-refractivity contribution is 0.642. The highest BCUT2D eigenvalue weighted by Crippen LogP contribution is 2.57. The van der Waals surface area contributed by atoms with Gasteiger partial charge in [0.05, 0.1) is 0 Å². The summed E-state index contributed by atoms with van der Waals surface area (Å²) in [5.41, 5.74) is 6.07. The fourth-order valence-corrected chi connectivity index (χ4v) is 6.43. The van der Waals surface area contributed by atoms with Crippen molar-refractivity contribution in [3.8, 4) is 0 Å². The van der Waals surface area contributed by atoms with Gasteiger partial charge in [0.2, 0.25) is 0 Å². The number of hydrogen-bond donors (Lipinski definition) is 0. The van der Waals surface area contributed by atoms with E-state index in [0.29, 0.717) is 17.5 Å². The molecular weight excluding hydrogens is 367 g/mol. The van der Waals surface area contributed by atoms with Gasteiger partial charge < -0.3 is 0 Å². The van der Waals surface area contributed by atoms with Gasteiger partial charge in [0.1, 0.15) is 0 Å². The Bertz CT molecular complexity index is 1090. The average Bonchev–Trinajstić information content (AvgIpc) is 3.22. The summed E-state index contributed by atoms with van der Waals surface area (Å²) in [7, 11) is 1.41. The van der Waals surface area contributed by atoms with E-state index in [1.807, 2.05) is 0 Å². The molecule has 4 aromatic rings. The van der Waals surface area contributed by atoms with Crippen LogP contribution in [0.15, 0.2) is 121 Å². The summed E-state index contributed by atoms with van der Waals surface area (Å²) in [6, 6.07) is 44.2. The Balaban J connectivity index is 1.72. The summed E-state index contributed by atoms with van der Waals surface area (Å²) >= 11 is 0. The molecule has 0 amide bonds. The van der Waals surface area contributed by atoms with Crippen LogP contribution in [0.2, 0.25) is 0 Å². The standard InChI is InChI=1S/C28H23P/c1-5-13-21(14-6-1)25-26(22-15-7-2-8-16-22)28(24-19-11-4-12-20-24)29-27(25)23-17-9-3-10-18-23/h1-20,25-27H. The van der Waals surface area contributed by atoms with Crippen molar-refractivity contribution >= 4 is 13.5 Å². The molecule has 140 valence electrons. The van der Waals surface area contributed by atoms with Crippen LogP contribution in [0.1, 0.15) is 39.7 Å². The van der Waals surface area contributed by atoms with Crippen LogP contribution < -0.4 is 0 Å². The van der Waals surface area contributed by atoms with Crippen molar-refractivity contribution in [1.29, 1.82) is 0 Å². The summed E-state index contributed by atoms with van der Waals surface area (Å²) in [5.74, 6) is 0.783. The molecule has 0 radical (unpaired) electrons. The Morgan fingerprint density at radius 1 is 0.448 bits per heavy atom. The number of benzene rings is 4. The van der Waals surface area contributed by atoms with E-state index in [1.165, 1.54) is 35.8 Å². The van der Waals surface area contributed by atoms with Gasteiger partial charge in [0, 0.05) is 17.5 Å². The molecule has 0 saturated carbocycles. The predicted octanol–water partition coefficient (Wildman–Crippen LogP) is 7.48. The molecule has 1 aliphatic rings. The van der Waals surface area contributed by atoms with Gasteiger partial charge in [0.25, 0.3) is 0 Å². The van der Waals surface area contributed by atoms with E-state index < -0.39 is 0 Å². The van der Waals surface area contributed by atoms with Gasteiger partial charge in [-0.25, -0.2) is 0 Å². The van der Waals surface area contributed by atoms with Crippen LogP contribution in [0.3, 0.4) is 0 Å². The van der Waals surface area contributed by atoms with Crippen LogP contribution in [0.25, 0.3) is 0 Å². The fraction of sp³-hybridized carbons (Fsp3) is 0.107. The normalized spacial score (nSPS) is 21.5. The molecule has 0 saturated heterocycles. The molecule has 29 heavy (non-hydrogen) atoms. The zero-order valence-corrected chi connectivity index (χ0v) is 17.1. The Morgan fingerprint density at radius 2 is 0.897 bits per heavy atom. The maximum atomic E-state index is 2.31. The minimum absolute atomic E-state index is 0.368. The van der Waals surface area contributed by atoms with E-state index in [0.717, 1.165) is 0 Å². The van der Waals surface area contributed by atoms with Crippen molar-refractivity contribution in [2.45, 2.75) is 17.5 Å². The van der Waals surface area contributed by atoms with Gasteiger partial charge >= 0.3 is 0 Å². The van der Waals surface area contributed by atoms with Crippen molar-refractivity contribution in [2.75, 3.05) is 0 Å². The van der Waals surface area contributed by atoms with Crippen LogP contribution in [0.4, 0.5) is 0 Å². The molecule has 0 aromatic heterocycles. The van der Waals surface area contributed by atoms with Gasteiger partial charge in [-0.05, 0) is 27.5 Å². The average molecular weight is 390 g/mol. The Kier molecular flexibility index (Phi) is 5.11. The largest absolute Gasteiger partial charge is 0.0908 e. The van der Waals surface area contributed by atoms with Crippen molar-refractivity contribution in [2.24, 2.45) is 0 Å². The van der Waals surface area contributed by atoms with Crippen molar-refractivity contribution in [3.05, 3.63) is 144 Å². The van der Waals surface area contributed by atoms with Gasteiger partial charge in [-0.15, -0.1) is 0 Å². The summed E-state index contributed by atoms with van der Waals surface area (Å²) in [6.07, 6.45) is 0. The first kappa shape index (κ1) is 18.1. The Hall–Kier alpha value is -2.95. The molecule has 0 spiro atoms. The first-order chi connectivity index (χ1) is 14.4. The molecule has 5 rings (SSSR count). The first-order valence-electron chi connectivity index (χ1n) is 10.2. The second-order valence-electron chi connectivity index (χ2n) is 7.56. The quantitative estimate of drug-likeness (QED) is 0.317. The van der Waals surface area contributed by atoms with E-state index in [2.05, 4.69) is 121 Å². The van der Waals surface area contributed by atoms with Crippen LogP contribution >= 0.6 is 8.20 Å². The SMILES string of the molecule is c1ccc(C2=PC(c3ccccc3)C(c3ccccc3)C2c2ccccc2)cc1. The summed E-state index contributed by atoms with van der Waals surface area (Å²) in [5, 5.41) is 1.53. The predicted molar refractivity (Wildman–Crippen MR) is 125 cm³/mol. The first-order valence-corrected chi connectivity index (χ1v) is 11.2. The molecule has 0 N–H and O–H groups in total. The second kappa shape index (κ2) is 8.19. The lowest BCUT2D eigenvalue weighted by atomic mass is 9.75. The topological polar surface area (TPSA) is 0 Å².